The van der Waals surface area contributed by atoms with Crippen molar-refractivity contribution >= 4 is 34.7 Å². The van der Waals surface area contributed by atoms with Gasteiger partial charge in [-0.05, 0) is 35.7 Å². The zero-order chi connectivity index (χ0) is 17.2. The lowest BCUT2D eigenvalue weighted by atomic mass is 10.2. The van der Waals surface area contributed by atoms with Crippen LogP contribution in [0.3, 0.4) is 0 Å². The Kier molecular flexibility index (Phi) is 4.61. The lowest BCUT2D eigenvalue weighted by Crippen LogP contribution is -1.95. The second kappa shape index (κ2) is 7.03. The molecule has 0 fully saturated rings. The third-order valence-electron chi connectivity index (χ3n) is 3.57. The van der Waals surface area contributed by atoms with Gasteiger partial charge in [-0.3, -0.25) is 0 Å². The molecule has 25 heavy (non-hydrogen) atoms. The fourth-order valence-corrected chi connectivity index (χ4v) is 3.89. The molecule has 0 saturated heterocycles. The van der Waals surface area contributed by atoms with Crippen LogP contribution in [0.1, 0.15) is 5.69 Å². The lowest BCUT2D eigenvalue weighted by Gasteiger charge is -2.03. The van der Waals surface area contributed by atoms with Crippen molar-refractivity contribution in [3.8, 4) is 22.2 Å². The monoisotopic (exact) mass is 388 g/mol. The predicted octanol–water partition coefficient (Wildman–Crippen LogP) is 5.14. The summed E-state index contributed by atoms with van der Waals surface area (Å²) in [4.78, 5) is 5.55. The Hall–Kier alpha value is -2.09. The van der Waals surface area contributed by atoms with E-state index in [-0.39, 0.29) is 0 Å². The van der Waals surface area contributed by atoms with Crippen LogP contribution in [0, 0.1) is 0 Å². The minimum Gasteiger partial charge on any atom is -0.444 e. The van der Waals surface area contributed by atoms with E-state index >= 15 is 0 Å². The summed E-state index contributed by atoms with van der Waals surface area (Å²) in [6.07, 6.45) is 1.69. The van der Waals surface area contributed by atoms with E-state index in [1.807, 2.05) is 53.4 Å². The quantitative estimate of drug-likeness (QED) is 0.443. The van der Waals surface area contributed by atoms with Gasteiger partial charge in [0.05, 0.1) is 10.6 Å². The highest BCUT2D eigenvalue weighted by molar-refractivity contribution is 7.98. The van der Waals surface area contributed by atoms with Crippen LogP contribution in [-0.2, 0) is 12.8 Å². The first-order chi connectivity index (χ1) is 12.2. The number of hydrogen-bond donors (Lipinski definition) is 0. The molecule has 0 aliphatic heterocycles. The Morgan fingerprint density at radius 1 is 1.20 bits per heavy atom. The van der Waals surface area contributed by atoms with Crippen molar-refractivity contribution in [3.63, 3.8) is 0 Å². The standard InChI is InChI=1S/C17H13ClN4OS2/c1-22-15(11-4-6-12(18)7-5-11)20-21-17(22)25-10-13-9-23-16(19-13)14-3-2-8-24-14/h2-9H,10H2,1H3. The van der Waals surface area contributed by atoms with E-state index in [0.29, 0.717) is 16.7 Å². The average Bonchev–Trinajstić information content (AvgIpc) is 3.35. The molecule has 3 aromatic heterocycles. The number of nitrogens with zero attached hydrogens (tertiary/aromatic N) is 4. The van der Waals surface area contributed by atoms with E-state index in [2.05, 4.69) is 15.2 Å². The van der Waals surface area contributed by atoms with E-state index in [1.165, 1.54) is 0 Å². The minimum absolute atomic E-state index is 0.658. The van der Waals surface area contributed by atoms with Crippen molar-refractivity contribution in [2.75, 3.05) is 0 Å². The molecule has 0 unspecified atom stereocenters. The summed E-state index contributed by atoms with van der Waals surface area (Å²) in [6.45, 7) is 0. The van der Waals surface area contributed by atoms with E-state index in [9.17, 15) is 0 Å². The molecule has 3 heterocycles. The van der Waals surface area contributed by atoms with Gasteiger partial charge in [0.25, 0.3) is 0 Å². The Labute approximate surface area is 157 Å². The highest BCUT2D eigenvalue weighted by Gasteiger charge is 2.13. The van der Waals surface area contributed by atoms with Gasteiger partial charge in [-0.25, -0.2) is 4.98 Å². The molecule has 0 aliphatic rings. The summed E-state index contributed by atoms with van der Waals surface area (Å²) < 4.78 is 7.51. The molecule has 0 saturated carbocycles. The summed E-state index contributed by atoms with van der Waals surface area (Å²) >= 11 is 9.12. The third kappa shape index (κ3) is 3.49. The normalized spacial score (nSPS) is 11.1. The molecule has 8 heteroatoms. The van der Waals surface area contributed by atoms with E-state index in [0.717, 1.165) is 27.1 Å². The Morgan fingerprint density at radius 3 is 2.80 bits per heavy atom. The molecule has 0 bridgehead atoms. The second-order valence-corrected chi connectivity index (χ2v) is 7.61. The van der Waals surface area contributed by atoms with Gasteiger partial charge < -0.3 is 8.98 Å². The largest absolute Gasteiger partial charge is 0.444 e. The molecule has 0 amide bonds. The van der Waals surface area contributed by atoms with Gasteiger partial charge in [-0.1, -0.05) is 29.4 Å². The van der Waals surface area contributed by atoms with Crippen molar-refractivity contribution < 1.29 is 4.42 Å². The smallest absolute Gasteiger partial charge is 0.236 e. The molecular formula is C17H13ClN4OS2. The van der Waals surface area contributed by atoms with Crippen molar-refractivity contribution in [1.29, 1.82) is 0 Å². The maximum atomic E-state index is 5.94. The predicted molar refractivity (Wildman–Crippen MR) is 101 cm³/mol. The van der Waals surface area contributed by atoms with Crippen molar-refractivity contribution in [3.05, 3.63) is 58.8 Å². The fourth-order valence-electron chi connectivity index (χ4n) is 2.32. The van der Waals surface area contributed by atoms with Crippen LogP contribution in [0.15, 0.2) is 57.6 Å². The SMILES string of the molecule is Cn1c(SCc2coc(-c3cccs3)n2)nnc1-c1ccc(Cl)cc1. The number of oxazole rings is 1. The van der Waals surface area contributed by atoms with Gasteiger partial charge in [-0.15, -0.1) is 21.5 Å². The summed E-state index contributed by atoms with van der Waals surface area (Å²) in [5, 5.41) is 12.1. The number of hydrogen-bond acceptors (Lipinski definition) is 6. The van der Waals surface area contributed by atoms with Crippen molar-refractivity contribution in [2.45, 2.75) is 10.9 Å². The lowest BCUT2D eigenvalue weighted by molar-refractivity contribution is 0.575. The van der Waals surface area contributed by atoms with Crippen LogP contribution in [-0.4, -0.2) is 19.7 Å². The summed E-state index contributed by atoms with van der Waals surface area (Å²) in [6, 6.07) is 11.5. The van der Waals surface area contributed by atoms with Gasteiger partial charge in [0.15, 0.2) is 11.0 Å². The van der Waals surface area contributed by atoms with Crippen LogP contribution in [0.25, 0.3) is 22.2 Å². The zero-order valence-electron chi connectivity index (χ0n) is 13.2. The molecule has 4 rings (SSSR count). The number of thiophene rings is 1. The van der Waals surface area contributed by atoms with Gasteiger partial charge in [-0.2, -0.15) is 0 Å². The molecule has 5 nitrogen and oxygen atoms in total. The second-order valence-electron chi connectivity index (χ2n) is 5.28. The third-order valence-corrected chi connectivity index (χ3v) is 5.73. The number of aromatic nitrogens is 4. The zero-order valence-corrected chi connectivity index (χ0v) is 15.6. The Morgan fingerprint density at radius 2 is 2.04 bits per heavy atom. The first-order valence-electron chi connectivity index (χ1n) is 7.47. The Balaban J connectivity index is 1.48. The van der Waals surface area contributed by atoms with Gasteiger partial charge in [0.1, 0.15) is 6.26 Å². The van der Waals surface area contributed by atoms with E-state index < -0.39 is 0 Å². The molecule has 0 spiro atoms. The number of thioether (sulfide) groups is 1. The van der Waals surface area contributed by atoms with Crippen LogP contribution in [0.5, 0.6) is 0 Å². The van der Waals surface area contributed by atoms with Gasteiger partial charge in [0.2, 0.25) is 5.89 Å². The minimum atomic E-state index is 0.658. The first-order valence-corrected chi connectivity index (χ1v) is 9.71. The number of benzene rings is 1. The fraction of sp³-hybridized carbons (Fsp3) is 0.118. The molecule has 0 aliphatic carbocycles. The number of halogens is 1. The topological polar surface area (TPSA) is 56.7 Å². The van der Waals surface area contributed by atoms with E-state index in [4.69, 9.17) is 16.0 Å². The van der Waals surface area contributed by atoms with Crippen LogP contribution < -0.4 is 0 Å². The summed E-state index contributed by atoms with van der Waals surface area (Å²) in [5.74, 6) is 2.13. The molecule has 1 aromatic carbocycles. The highest BCUT2D eigenvalue weighted by atomic mass is 35.5. The summed E-state index contributed by atoms with van der Waals surface area (Å²) in [7, 11) is 1.95. The molecule has 4 aromatic rings. The van der Waals surface area contributed by atoms with Crippen molar-refractivity contribution in [2.24, 2.45) is 7.05 Å². The van der Waals surface area contributed by atoms with Gasteiger partial charge >= 0.3 is 0 Å². The average molecular weight is 389 g/mol. The van der Waals surface area contributed by atoms with Gasteiger partial charge in [0, 0.05) is 23.4 Å². The number of rotatable bonds is 5. The van der Waals surface area contributed by atoms with Crippen LogP contribution >= 0.6 is 34.7 Å². The van der Waals surface area contributed by atoms with Crippen LogP contribution in [0.2, 0.25) is 5.02 Å². The molecule has 0 radical (unpaired) electrons. The molecular weight excluding hydrogens is 376 g/mol. The van der Waals surface area contributed by atoms with E-state index in [1.54, 1.807) is 29.4 Å². The highest BCUT2D eigenvalue weighted by Crippen LogP contribution is 2.28. The molecule has 0 atom stereocenters. The first kappa shape index (κ1) is 16.4. The van der Waals surface area contributed by atoms with Crippen LogP contribution in [0.4, 0.5) is 0 Å². The molecule has 126 valence electrons. The summed E-state index contributed by atoms with van der Waals surface area (Å²) in [5.41, 5.74) is 1.86. The maximum Gasteiger partial charge on any atom is 0.236 e. The molecule has 0 N–H and O–H groups in total. The Bertz CT molecular complexity index is 977. The van der Waals surface area contributed by atoms with Crippen molar-refractivity contribution in [1.82, 2.24) is 19.7 Å². The maximum absolute atomic E-state index is 5.94.